The van der Waals surface area contributed by atoms with Gasteiger partial charge in [0.25, 0.3) is 0 Å². The molecule has 3 nitrogen and oxygen atoms in total. The van der Waals surface area contributed by atoms with Crippen LogP contribution in [-0.2, 0) is 0 Å². The molecule has 17 heavy (non-hydrogen) atoms. The molecule has 1 aliphatic rings. The van der Waals surface area contributed by atoms with Gasteiger partial charge in [-0.1, -0.05) is 32.0 Å². The average Bonchev–Trinajstić information content (AvgIpc) is 2.74. The fraction of sp³-hybridized carbons (Fsp3) is 0.538. The van der Waals surface area contributed by atoms with Crippen molar-refractivity contribution in [3.8, 4) is 0 Å². The van der Waals surface area contributed by atoms with E-state index < -0.39 is 0 Å². The maximum Gasteiger partial charge on any atom is 0.136 e. The Morgan fingerprint density at radius 1 is 1.53 bits per heavy atom. The summed E-state index contributed by atoms with van der Waals surface area (Å²) in [6, 6.07) is 3.77. The van der Waals surface area contributed by atoms with Crippen LogP contribution in [-0.4, -0.2) is 16.5 Å². The molecule has 0 bridgehead atoms. The summed E-state index contributed by atoms with van der Waals surface area (Å²) in [5.74, 6) is 0.813. The van der Waals surface area contributed by atoms with Gasteiger partial charge in [0.2, 0.25) is 0 Å². The van der Waals surface area contributed by atoms with E-state index in [4.69, 9.17) is 18.0 Å². The fourth-order valence-corrected chi connectivity index (χ4v) is 2.61. The highest BCUT2D eigenvalue weighted by molar-refractivity contribution is 7.80. The van der Waals surface area contributed by atoms with Gasteiger partial charge in [0.1, 0.15) is 10.8 Å². The molecule has 1 aromatic rings. The quantitative estimate of drug-likeness (QED) is 0.806. The number of nitrogens with two attached hydrogens (primary N) is 1. The highest BCUT2D eigenvalue weighted by atomic mass is 32.1. The van der Waals surface area contributed by atoms with E-state index >= 15 is 0 Å². The van der Waals surface area contributed by atoms with Gasteiger partial charge in [-0.3, -0.25) is 0 Å². The Morgan fingerprint density at radius 3 is 2.88 bits per heavy atom. The van der Waals surface area contributed by atoms with Crippen molar-refractivity contribution in [2.75, 3.05) is 11.9 Å². The molecule has 1 aliphatic carbocycles. The summed E-state index contributed by atoms with van der Waals surface area (Å²) in [4.78, 5) is 4.71. The molecule has 1 aromatic heterocycles. The predicted octanol–water partition coefficient (Wildman–Crippen LogP) is 2.71. The Morgan fingerprint density at radius 2 is 2.24 bits per heavy atom. The van der Waals surface area contributed by atoms with E-state index in [2.05, 4.69) is 17.2 Å². The first-order valence-corrected chi connectivity index (χ1v) is 6.50. The maximum absolute atomic E-state index is 5.68. The van der Waals surface area contributed by atoms with E-state index in [1.807, 2.05) is 12.1 Å². The molecule has 0 saturated heterocycles. The second-order valence-electron chi connectivity index (χ2n) is 5.14. The lowest BCUT2D eigenvalue weighted by Gasteiger charge is -2.24. The van der Waals surface area contributed by atoms with Crippen molar-refractivity contribution in [3.05, 3.63) is 23.9 Å². The summed E-state index contributed by atoms with van der Waals surface area (Å²) < 4.78 is 0. The van der Waals surface area contributed by atoms with Crippen molar-refractivity contribution in [1.29, 1.82) is 0 Å². The van der Waals surface area contributed by atoms with E-state index in [-0.39, 0.29) is 0 Å². The zero-order valence-corrected chi connectivity index (χ0v) is 11.0. The molecule has 1 fully saturated rings. The van der Waals surface area contributed by atoms with Gasteiger partial charge in [0.15, 0.2) is 0 Å². The van der Waals surface area contributed by atoms with Crippen molar-refractivity contribution in [1.82, 2.24) is 4.98 Å². The molecule has 0 unspecified atom stereocenters. The van der Waals surface area contributed by atoms with Crippen LogP contribution in [0.15, 0.2) is 18.3 Å². The summed E-state index contributed by atoms with van der Waals surface area (Å²) in [6.45, 7) is 3.27. The third-order valence-corrected chi connectivity index (χ3v) is 3.79. The Bertz CT molecular complexity index is 411. The molecule has 0 radical (unpaired) electrons. The minimum atomic E-state index is 0.394. The lowest BCUT2D eigenvalue weighted by molar-refractivity contribution is 0.361. The largest absolute Gasteiger partial charge is 0.389 e. The predicted molar refractivity (Wildman–Crippen MR) is 75.2 cm³/mol. The fourth-order valence-electron chi connectivity index (χ4n) is 2.45. The number of rotatable bonds is 4. The van der Waals surface area contributed by atoms with Crippen LogP contribution in [0.4, 0.5) is 5.82 Å². The average molecular weight is 249 g/mol. The second kappa shape index (κ2) is 5.00. The maximum atomic E-state index is 5.68. The van der Waals surface area contributed by atoms with Gasteiger partial charge in [-0.25, -0.2) is 4.98 Å². The van der Waals surface area contributed by atoms with Crippen molar-refractivity contribution in [3.63, 3.8) is 0 Å². The Balaban J connectivity index is 2.06. The van der Waals surface area contributed by atoms with Crippen LogP contribution in [0.2, 0.25) is 0 Å². The molecule has 1 saturated carbocycles. The van der Waals surface area contributed by atoms with Crippen molar-refractivity contribution < 1.29 is 0 Å². The Labute approximate surface area is 108 Å². The van der Waals surface area contributed by atoms with E-state index in [0.717, 1.165) is 17.9 Å². The monoisotopic (exact) mass is 249 g/mol. The van der Waals surface area contributed by atoms with Crippen molar-refractivity contribution in [2.45, 2.75) is 32.6 Å². The van der Waals surface area contributed by atoms with Gasteiger partial charge in [-0.05, 0) is 30.4 Å². The summed E-state index contributed by atoms with van der Waals surface area (Å²) >= 11 is 5.02. The van der Waals surface area contributed by atoms with Gasteiger partial charge >= 0.3 is 0 Å². The molecular formula is C13H19N3S. The summed E-state index contributed by atoms with van der Waals surface area (Å²) in [5, 5.41) is 3.40. The van der Waals surface area contributed by atoms with Crippen LogP contribution >= 0.6 is 12.2 Å². The second-order valence-corrected chi connectivity index (χ2v) is 5.57. The first-order chi connectivity index (χ1) is 8.11. The summed E-state index contributed by atoms with van der Waals surface area (Å²) in [5.41, 5.74) is 6.91. The standard InChI is InChI=1S/C13H19N3S/c1-13(6-2-3-7-13)9-16-12-10(11(14)17)5-4-8-15-12/h4-5,8H,2-3,6-7,9H2,1H3,(H2,14,17)(H,15,16). The Kier molecular flexibility index (Phi) is 3.62. The zero-order chi connectivity index (χ0) is 12.3. The minimum absolute atomic E-state index is 0.394. The van der Waals surface area contributed by atoms with Crippen LogP contribution in [0.3, 0.4) is 0 Å². The number of anilines is 1. The number of aromatic nitrogens is 1. The highest BCUT2D eigenvalue weighted by Gasteiger charge is 2.28. The van der Waals surface area contributed by atoms with Gasteiger partial charge in [-0.15, -0.1) is 0 Å². The number of thiocarbonyl (C=S) groups is 1. The van der Waals surface area contributed by atoms with Gasteiger partial charge in [-0.2, -0.15) is 0 Å². The normalized spacial score (nSPS) is 17.9. The molecule has 0 atom stereocenters. The molecule has 0 spiro atoms. The molecular weight excluding hydrogens is 230 g/mol. The smallest absolute Gasteiger partial charge is 0.136 e. The van der Waals surface area contributed by atoms with Crippen LogP contribution in [0, 0.1) is 5.41 Å². The van der Waals surface area contributed by atoms with Gasteiger partial charge in [0, 0.05) is 12.7 Å². The van der Waals surface area contributed by atoms with E-state index in [1.165, 1.54) is 25.7 Å². The molecule has 4 heteroatoms. The number of hydrogen-bond donors (Lipinski definition) is 2. The SMILES string of the molecule is CC1(CNc2ncccc2C(N)=S)CCCC1. The number of nitrogens with one attached hydrogen (secondary N) is 1. The number of pyridine rings is 1. The lowest BCUT2D eigenvalue weighted by Crippen LogP contribution is -2.25. The molecule has 1 heterocycles. The zero-order valence-electron chi connectivity index (χ0n) is 10.2. The number of nitrogens with zero attached hydrogens (tertiary/aromatic N) is 1. The van der Waals surface area contributed by atoms with E-state index in [1.54, 1.807) is 6.20 Å². The number of hydrogen-bond acceptors (Lipinski definition) is 3. The molecule has 0 aliphatic heterocycles. The van der Waals surface area contributed by atoms with E-state index in [0.29, 0.717) is 10.4 Å². The summed E-state index contributed by atoms with van der Waals surface area (Å²) in [6.07, 6.45) is 7.01. The highest BCUT2D eigenvalue weighted by Crippen LogP contribution is 2.37. The first-order valence-electron chi connectivity index (χ1n) is 6.09. The molecule has 2 rings (SSSR count). The van der Waals surface area contributed by atoms with Gasteiger partial charge in [0.05, 0.1) is 5.56 Å². The Hall–Kier alpha value is -1.16. The lowest BCUT2D eigenvalue weighted by atomic mass is 9.89. The first kappa shape index (κ1) is 12.3. The topological polar surface area (TPSA) is 50.9 Å². The molecule has 0 amide bonds. The third kappa shape index (κ3) is 2.94. The van der Waals surface area contributed by atoms with Crippen molar-refractivity contribution >= 4 is 23.0 Å². The molecule has 0 aromatic carbocycles. The van der Waals surface area contributed by atoms with E-state index in [9.17, 15) is 0 Å². The van der Waals surface area contributed by atoms with Gasteiger partial charge < -0.3 is 11.1 Å². The molecule has 3 N–H and O–H groups in total. The minimum Gasteiger partial charge on any atom is -0.389 e. The van der Waals surface area contributed by atoms with Crippen molar-refractivity contribution in [2.24, 2.45) is 11.1 Å². The van der Waals surface area contributed by atoms with Crippen LogP contribution in [0.25, 0.3) is 0 Å². The van der Waals surface area contributed by atoms with Crippen LogP contribution in [0.1, 0.15) is 38.2 Å². The van der Waals surface area contributed by atoms with Crippen LogP contribution < -0.4 is 11.1 Å². The van der Waals surface area contributed by atoms with Crippen LogP contribution in [0.5, 0.6) is 0 Å². The third-order valence-electron chi connectivity index (χ3n) is 3.57. The summed E-state index contributed by atoms with van der Waals surface area (Å²) in [7, 11) is 0. The molecule has 92 valence electrons.